The highest BCUT2D eigenvalue weighted by molar-refractivity contribution is 6.34. The molecule has 204 valence electrons. The van der Waals surface area contributed by atoms with E-state index in [1.165, 1.54) is 23.1 Å². The number of amides is 2. The number of carbonyl (C=O) groups is 2. The smallest absolute Gasteiger partial charge is 0.410 e. The number of nitrogens with zero attached hydrogens (tertiary/aromatic N) is 4. The summed E-state index contributed by atoms with van der Waals surface area (Å²) in [7, 11) is 0. The van der Waals surface area contributed by atoms with E-state index in [-0.39, 0.29) is 22.6 Å². The van der Waals surface area contributed by atoms with Crippen molar-refractivity contribution in [3.8, 4) is 11.8 Å². The third kappa shape index (κ3) is 7.80. The molecule has 1 aromatic carbocycles. The van der Waals surface area contributed by atoms with Crippen molar-refractivity contribution in [2.24, 2.45) is 5.92 Å². The molecule has 1 fully saturated rings. The van der Waals surface area contributed by atoms with Gasteiger partial charge in [0.25, 0.3) is 5.91 Å². The topological polar surface area (TPSA) is 89.4 Å². The van der Waals surface area contributed by atoms with Crippen molar-refractivity contribution in [3.63, 3.8) is 0 Å². The van der Waals surface area contributed by atoms with Gasteiger partial charge in [0, 0.05) is 37.0 Å². The number of halogens is 2. The van der Waals surface area contributed by atoms with E-state index in [0.717, 1.165) is 24.8 Å². The molecule has 39 heavy (non-hydrogen) atoms. The van der Waals surface area contributed by atoms with Gasteiger partial charge in [0.05, 0.1) is 11.2 Å². The molecule has 0 aliphatic carbocycles. The number of nitrogens with one attached hydrogen (secondary N) is 1. The Balaban J connectivity index is 1.34. The number of rotatable bonds is 5. The molecule has 0 atom stereocenters. The van der Waals surface area contributed by atoms with Gasteiger partial charge < -0.3 is 15.0 Å². The van der Waals surface area contributed by atoms with Crippen LogP contribution < -0.4 is 5.32 Å². The quantitative estimate of drug-likeness (QED) is 0.407. The first-order valence-corrected chi connectivity index (χ1v) is 13.2. The Labute approximate surface area is 232 Å². The highest BCUT2D eigenvalue weighted by Crippen LogP contribution is 2.25. The Morgan fingerprint density at radius 1 is 1.13 bits per heavy atom. The highest BCUT2D eigenvalue weighted by Gasteiger charge is 2.27. The largest absolute Gasteiger partial charge is 0.444 e. The van der Waals surface area contributed by atoms with Crippen molar-refractivity contribution in [1.29, 1.82) is 0 Å². The van der Waals surface area contributed by atoms with E-state index < -0.39 is 17.3 Å². The van der Waals surface area contributed by atoms with Crippen LogP contribution in [0.2, 0.25) is 5.02 Å². The molecule has 3 aromatic rings. The van der Waals surface area contributed by atoms with Crippen LogP contribution in [-0.2, 0) is 11.3 Å². The first kappa shape index (κ1) is 28.1. The molecule has 1 saturated heterocycles. The first-order chi connectivity index (χ1) is 18.6. The predicted molar refractivity (Wildman–Crippen MR) is 147 cm³/mol. The summed E-state index contributed by atoms with van der Waals surface area (Å²) in [6.07, 6.45) is 4.90. The van der Waals surface area contributed by atoms with Crippen LogP contribution in [0.5, 0.6) is 0 Å². The zero-order valence-corrected chi connectivity index (χ0v) is 23.0. The van der Waals surface area contributed by atoms with Gasteiger partial charge in [-0.05, 0) is 64.2 Å². The lowest BCUT2D eigenvalue weighted by Gasteiger charge is -2.33. The fourth-order valence-electron chi connectivity index (χ4n) is 4.22. The van der Waals surface area contributed by atoms with E-state index in [0.29, 0.717) is 31.1 Å². The maximum atomic E-state index is 14.7. The second kappa shape index (κ2) is 12.3. The Bertz CT molecular complexity index is 1380. The van der Waals surface area contributed by atoms with Gasteiger partial charge in [0.1, 0.15) is 11.3 Å². The number of hydrogen-bond donors (Lipinski definition) is 1. The summed E-state index contributed by atoms with van der Waals surface area (Å²) in [6.45, 7) is 7.23. The summed E-state index contributed by atoms with van der Waals surface area (Å²) in [4.78, 5) is 31.1. The number of anilines is 1. The average Bonchev–Trinajstić information content (AvgIpc) is 3.27. The lowest BCUT2D eigenvalue weighted by Crippen LogP contribution is -2.41. The van der Waals surface area contributed by atoms with Crippen LogP contribution >= 0.6 is 11.6 Å². The number of carbonyl (C=O) groups excluding carboxylic acids is 2. The van der Waals surface area contributed by atoms with Gasteiger partial charge in [0.2, 0.25) is 0 Å². The van der Waals surface area contributed by atoms with Crippen LogP contribution in [-0.4, -0.2) is 50.4 Å². The molecular weight excluding hydrogens is 521 g/mol. The fraction of sp³-hybridized carbons (Fsp3) is 0.379. The number of likely N-dealkylation sites (tertiary alicyclic amines) is 1. The van der Waals surface area contributed by atoms with Crippen molar-refractivity contribution < 1.29 is 18.7 Å². The van der Waals surface area contributed by atoms with Crippen molar-refractivity contribution in [1.82, 2.24) is 19.7 Å². The van der Waals surface area contributed by atoms with Gasteiger partial charge in [0.15, 0.2) is 11.6 Å². The van der Waals surface area contributed by atoms with Gasteiger partial charge in [-0.1, -0.05) is 41.6 Å². The zero-order valence-electron chi connectivity index (χ0n) is 22.2. The Hall–Kier alpha value is -3.90. The minimum atomic E-state index is -0.706. The second-order valence-corrected chi connectivity index (χ2v) is 10.8. The van der Waals surface area contributed by atoms with E-state index in [1.54, 1.807) is 4.90 Å². The van der Waals surface area contributed by atoms with Crippen molar-refractivity contribution >= 4 is 29.4 Å². The monoisotopic (exact) mass is 551 g/mol. The molecule has 3 heterocycles. The molecule has 1 aliphatic heterocycles. The zero-order chi connectivity index (χ0) is 28.0. The number of ether oxygens (including phenoxy) is 1. The van der Waals surface area contributed by atoms with Gasteiger partial charge >= 0.3 is 6.09 Å². The Kier molecular flexibility index (Phi) is 8.87. The van der Waals surface area contributed by atoms with Crippen molar-refractivity contribution in [2.45, 2.75) is 52.2 Å². The minimum Gasteiger partial charge on any atom is -0.444 e. The summed E-state index contributed by atoms with van der Waals surface area (Å²) in [5.41, 5.74) is 0.792. The predicted octanol–water partition coefficient (Wildman–Crippen LogP) is 5.76. The van der Waals surface area contributed by atoms with Crippen LogP contribution in [0.25, 0.3) is 0 Å². The second-order valence-electron chi connectivity index (χ2n) is 10.4. The molecular formula is C29H31ClFN5O3. The molecule has 0 unspecified atom stereocenters. The van der Waals surface area contributed by atoms with Gasteiger partial charge in [-0.3, -0.25) is 9.48 Å². The molecule has 0 saturated carbocycles. The lowest BCUT2D eigenvalue weighted by molar-refractivity contribution is 0.0179. The third-order valence-electron chi connectivity index (χ3n) is 6.22. The standard InChI is InChI=1S/C29H31ClFN5O3/c1-29(2,3)39-28(38)35-14-11-21(12-15-35)13-16-36-25(23(30)19-33-36)27(37)34-26-24(31)17-22(18-32-26)10-9-20-7-5-4-6-8-20/h4-8,17-19,21H,11-16H2,1-3H3,(H,32,34,37). The molecule has 2 aromatic heterocycles. The van der Waals surface area contributed by atoms with E-state index in [4.69, 9.17) is 16.3 Å². The van der Waals surface area contributed by atoms with Crippen LogP contribution in [0.15, 0.2) is 48.8 Å². The molecule has 0 bridgehead atoms. The molecule has 10 heteroatoms. The first-order valence-electron chi connectivity index (χ1n) is 12.8. The van der Waals surface area contributed by atoms with Gasteiger partial charge in [-0.15, -0.1) is 0 Å². The SMILES string of the molecule is CC(C)(C)OC(=O)N1CCC(CCn2ncc(Cl)c2C(=O)Nc2ncc(C#Cc3ccccc3)cc2F)CC1. The molecule has 8 nitrogen and oxygen atoms in total. The summed E-state index contributed by atoms with van der Waals surface area (Å²) >= 11 is 6.26. The minimum absolute atomic E-state index is 0.136. The number of piperidine rings is 1. The van der Waals surface area contributed by atoms with Gasteiger partial charge in [-0.25, -0.2) is 14.2 Å². The van der Waals surface area contributed by atoms with E-state index >= 15 is 0 Å². The maximum Gasteiger partial charge on any atom is 0.410 e. The maximum absolute atomic E-state index is 14.7. The summed E-state index contributed by atoms with van der Waals surface area (Å²) < 4.78 is 21.7. The normalized spacial score (nSPS) is 13.9. The van der Waals surface area contributed by atoms with Crippen LogP contribution in [0.1, 0.15) is 61.6 Å². The van der Waals surface area contributed by atoms with Crippen LogP contribution in [0, 0.1) is 23.6 Å². The third-order valence-corrected chi connectivity index (χ3v) is 6.50. The number of hydrogen-bond acceptors (Lipinski definition) is 5. The summed E-state index contributed by atoms with van der Waals surface area (Å²) in [5, 5.41) is 6.90. The molecule has 1 aliphatic rings. The number of benzene rings is 1. The number of pyridine rings is 1. The Morgan fingerprint density at radius 2 is 1.82 bits per heavy atom. The molecule has 1 N–H and O–H groups in total. The van der Waals surface area contributed by atoms with E-state index in [1.807, 2.05) is 51.1 Å². The van der Waals surface area contributed by atoms with Crippen LogP contribution in [0.4, 0.5) is 15.0 Å². The Morgan fingerprint density at radius 3 is 2.49 bits per heavy atom. The van der Waals surface area contributed by atoms with E-state index in [2.05, 4.69) is 27.2 Å². The number of aryl methyl sites for hydroxylation is 1. The highest BCUT2D eigenvalue weighted by atomic mass is 35.5. The molecule has 0 spiro atoms. The molecule has 0 radical (unpaired) electrons. The van der Waals surface area contributed by atoms with Crippen LogP contribution in [0.3, 0.4) is 0 Å². The lowest BCUT2D eigenvalue weighted by atomic mass is 9.94. The van der Waals surface area contributed by atoms with E-state index in [9.17, 15) is 14.0 Å². The molecule has 4 rings (SSSR count). The summed E-state index contributed by atoms with van der Waals surface area (Å²) in [6, 6.07) is 10.6. The summed E-state index contributed by atoms with van der Waals surface area (Å²) in [5.74, 6) is 4.63. The van der Waals surface area contributed by atoms with Crippen molar-refractivity contribution in [3.05, 3.63) is 76.5 Å². The van der Waals surface area contributed by atoms with Crippen molar-refractivity contribution in [2.75, 3.05) is 18.4 Å². The average molecular weight is 552 g/mol. The molecule has 2 amide bonds. The fourth-order valence-corrected chi connectivity index (χ4v) is 4.45. The van der Waals surface area contributed by atoms with Gasteiger partial charge in [-0.2, -0.15) is 5.10 Å². The number of aromatic nitrogens is 3.